The van der Waals surface area contributed by atoms with Crippen LogP contribution in [-0.2, 0) is 30.7 Å². The van der Waals surface area contributed by atoms with Gasteiger partial charge in [-0.2, -0.15) is 0 Å². The van der Waals surface area contributed by atoms with Crippen molar-refractivity contribution in [2.75, 3.05) is 43.1 Å². The molecular formula is C31H34Br6N6O2. The predicted molar refractivity (Wildman–Crippen MR) is 202 cm³/mol. The third-order valence-corrected chi connectivity index (χ3v) is 16.6. The molecule has 2 fully saturated rings. The van der Waals surface area contributed by atoms with E-state index in [0.29, 0.717) is 6.10 Å². The summed E-state index contributed by atoms with van der Waals surface area (Å²) in [7, 11) is 1.81. The quantitative estimate of drug-likeness (QED) is 0.207. The van der Waals surface area contributed by atoms with Gasteiger partial charge in [0.25, 0.3) is 0 Å². The average molecular weight is 1000 g/mol. The summed E-state index contributed by atoms with van der Waals surface area (Å²) in [5.41, 5.74) is 7.33. The van der Waals surface area contributed by atoms with E-state index in [0.717, 1.165) is 140 Å². The Morgan fingerprint density at radius 1 is 0.600 bits per heavy atom. The van der Waals surface area contributed by atoms with E-state index >= 15 is 0 Å². The van der Waals surface area contributed by atoms with Crippen LogP contribution in [0.25, 0.3) is 22.1 Å². The fourth-order valence-corrected chi connectivity index (χ4v) is 10.7. The molecule has 6 heterocycles. The van der Waals surface area contributed by atoms with E-state index in [1.165, 1.54) is 22.2 Å². The van der Waals surface area contributed by atoms with Gasteiger partial charge in [-0.1, -0.05) is 0 Å². The van der Waals surface area contributed by atoms with Crippen LogP contribution in [0.3, 0.4) is 0 Å². The first-order chi connectivity index (χ1) is 21.7. The zero-order valence-corrected chi connectivity index (χ0v) is 34.4. The molecule has 0 bridgehead atoms. The Kier molecular flexibility index (Phi) is 10.1. The maximum Gasteiger partial charge on any atom is 0.206 e. The lowest BCUT2D eigenvalue weighted by atomic mass is 10.0. The highest BCUT2D eigenvalue weighted by molar-refractivity contribution is 9.15. The summed E-state index contributed by atoms with van der Waals surface area (Å²) in [6.07, 6.45) is 8.49. The number of aromatic nitrogens is 4. The lowest BCUT2D eigenvalue weighted by Gasteiger charge is -2.32. The van der Waals surface area contributed by atoms with E-state index in [1.807, 2.05) is 7.11 Å². The van der Waals surface area contributed by atoms with E-state index in [4.69, 9.17) is 14.7 Å². The van der Waals surface area contributed by atoms with Crippen molar-refractivity contribution in [1.29, 1.82) is 0 Å². The molecule has 0 radical (unpaired) electrons. The Hall–Kier alpha value is -0.220. The maximum absolute atomic E-state index is 9.74. The van der Waals surface area contributed by atoms with Gasteiger partial charge in [0.15, 0.2) is 0 Å². The highest BCUT2D eigenvalue weighted by Gasteiger charge is 2.30. The monoisotopic (exact) mass is 996 g/mol. The van der Waals surface area contributed by atoms with Gasteiger partial charge >= 0.3 is 0 Å². The SMILES string of the molecule is COC1CCN(c2nc3c(Br)c(Br)c(Br)c4c3n2CCC4)CC1.OC1CCN(c2nc3c(Br)c(Br)c(Br)c4c3n2CCC4)CC1. The number of hydrogen-bond acceptors (Lipinski definition) is 6. The van der Waals surface area contributed by atoms with E-state index in [2.05, 4.69) is 115 Å². The Bertz CT molecular complexity index is 1770. The van der Waals surface area contributed by atoms with Crippen LogP contribution < -0.4 is 9.80 Å². The Morgan fingerprint density at radius 3 is 1.44 bits per heavy atom. The van der Waals surface area contributed by atoms with Gasteiger partial charge in [0, 0.05) is 64.3 Å². The number of anilines is 2. The maximum atomic E-state index is 9.74. The molecule has 1 N–H and O–H groups in total. The number of imidazole rings is 2. The van der Waals surface area contributed by atoms with Gasteiger partial charge in [0.05, 0.1) is 32.2 Å². The second kappa shape index (κ2) is 13.6. The van der Waals surface area contributed by atoms with E-state index in [9.17, 15) is 5.11 Å². The first-order valence-electron chi connectivity index (χ1n) is 15.5. The number of aryl methyl sites for hydroxylation is 4. The minimum absolute atomic E-state index is 0.160. The van der Waals surface area contributed by atoms with Crippen molar-refractivity contribution in [3.63, 3.8) is 0 Å². The van der Waals surface area contributed by atoms with E-state index in [1.54, 1.807) is 0 Å². The molecule has 2 aromatic heterocycles. The van der Waals surface area contributed by atoms with Crippen molar-refractivity contribution < 1.29 is 9.84 Å². The molecule has 2 aromatic carbocycles. The molecule has 8 nitrogen and oxygen atoms in total. The molecule has 45 heavy (non-hydrogen) atoms. The first-order valence-corrected chi connectivity index (χ1v) is 20.3. The molecular weight excluding hydrogens is 968 g/mol. The number of aliphatic hydroxyl groups is 1. The summed E-state index contributed by atoms with van der Waals surface area (Å²) in [5, 5.41) is 9.74. The Balaban J connectivity index is 0.000000145. The van der Waals surface area contributed by atoms with Gasteiger partial charge in [0.2, 0.25) is 11.9 Å². The second-order valence-electron chi connectivity index (χ2n) is 12.2. The fraction of sp³-hybridized carbons (Fsp3) is 0.548. The van der Waals surface area contributed by atoms with Crippen molar-refractivity contribution in [3.8, 4) is 0 Å². The number of benzene rings is 2. The van der Waals surface area contributed by atoms with Crippen LogP contribution in [0.4, 0.5) is 11.9 Å². The third kappa shape index (κ3) is 5.90. The summed E-state index contributed by atoms with van der Waals surface area (Å²) in [6, 6.07) is 0. The molecule has 242 valence electrons. The number of halogens is 6. The van der Waals surface area contributed by atoms with Gasteiger partial charge < -0.3 is 28.8 Å². The van der Waals surface area contributed by atoms with Gasteiger partial charge in [-0.3, -0.25) is 0 Å². The fourth-order valence-electron chi connectivity index (χ4n) is 7.22. The Labute approximate surface area is 313 Å². The summed E-state index contributed by atoms with van der Waals surface area (Å²) < 4.78 is 16.7. The van der Waals surface area contributed by atoms with Gasteiger partial charge in [-0.15, -0.1) is 0 Å². The van der Waals surface area contributed by atoms with E-state index < -0.39 is 0 Å². The summed E-state index contributed by atoms with van der Waals surface area (Å²) >= 11 is 22.2. The van der Waals surface area contributed by atoms with Crippen LogP contribution in [0.15, 0.2) is 26.8 Å². The molecule has 0 amide bonds. The van der Waals surface area contributed by atoms with Crippen LogP contribution in [0.2, 0.25) is 0 Å². The number of nitrogens with zero attached hydrogens (tertiary/aromatic N) is 6. The number of piperidine rings is 2. The third-order valence-electron chi connectivity index (χ3n) is 9.61. The average Bonchev–Trinajstić information content (AvgIpc) is 3.66. The minimum atomic E-state index is -0.160. The summed E-state index contributed by atoms with van der Waals surface area (Å²) in [6.45, 7) is 5.83. The van der Waals surface area contributed by atoms with Crippen molar-refractivity contribution in [2.45, 2.75) is 76.7 Å². The molecule has 2 saturated heterocycles. The van der Waals surface area contributed by atoms with Gasteiger partial charge in [-0.05, 0) is 158 Å². The molecule has 0 spiro atoms. The predicted octanol–water partition coefficient (Wildman–Crippen LogP) is 9.12. The number of hydrogen-bond donors (Lipinski definition) is 1. The Morgan fingerprint density at radius 2 is 1.02 bits per heavy atom. The highest BCUT2D eigenvalue weighted by Crippen LogP contribution is 2.46. The minimum Gasteiger partial charge on any atom is -0.393 e. The van der Waals surface area contributed by atoms with Crippen LogP contribution in [0.5, 0.6) is 0 Å². The number of aliphatic hydroxyl groups excluding tert-OH is 1. The number of methoxy groups -OCH3 is 1. The van der Waals surface area contributed by atoms with Crippen LogP contribution in [-0.4, -0.2) is 69.7 Å². The molecule has 0 atom stereocenters. The lowest BCUT2D eigenvalue weighted by Crippen LogP contribution is -2.38. The lowest BCUT2D eigenvalue weighted by molar-refractivity contribution is 0.0815. The number of rotatable bonds is 3. The van der Waals surface area contributed by atoms with E-state index in [-0.39, 0.29) is 6.10 Å². The standard InChI is InChI=1S/C16H18Br3N3O.C15H16Br3N3O/c1-23-9-4-7-21(8-5-9)16-20-14-13(19)12(18)11(17)10-3-2-6-22(16)15(10)14;16-10-9-2-1-5-21-14(9)13(12(18)11(10)17)19-15(21)20-6-3-8(22)4-7-20/h9H,2-8H2,1H3;8,22H,1-7H2. The van der Waals surface area contributed by atoms with Crippen LogP contribution in [0.1, 0.15) is 49.7 Å². The van der Waals surface area contributed by atoms with Crippen molar-refractivity contribution in [2.24, 2.45) is 0 Å². The molecule has 8 rings (SSSR count). The topological polar surface area (TPSA) is 71.6 Å². The zero-order chi connectivity index (χ0) is 31.6. The van der Waals surface area contributed by atoms with Gasteiger partial charge in [-0.25, -0.2) is 9.97 Å². The molecule has 4 aromatic rings. The van der Waals surface area contributed by atoms with Crippen molar-refractivity contribution >= 4 is 130 Å². The zero-order valence-electron chi connectivity index (χ0n) is 24.9. The normalized spacial score (nSPS) is 19.0. The molecule has 0 aliphatic carbocycles. The van der Waals surface area contributed by atoms with Crippen LogP contribution >= 0.6 is 95.6 Å². The highest BCUT2D eigenvalue weighted by atomic mass is 79.9. The van der Waals surface area contributed by atoms with Gasteiger partial charge in [0.1, 0.15) is 11.0 Å². The molecule has 0 saturated carbocycles. The number of ether oxygens (including phenoxy) is 1. The first kappa shape index (κ1) is 33.3. The second-order valence-corrected chi connectivity index (χ2v) is 17.0. The van der Waals surface area contributed by atoms with Crippen molar-refractivity contribution in [1.82, 2.24) is 19.1 Å². The van der Waals surface area contributed by atoms with Crippen LogP contribution in [0, 0.1) is 0 Å². The summed E-state index contributed by atoms with van der Waals surface area (Å²) in [4.78, 5) is 14.7. The smallest absolute Gasteiger partial charge is 0.206 e. The largest absolute Gasteiger partial charge is 0.393 e. The molecule has 4 aliphatic rings. The van der Waals surface area contributed by atoms with Crippen molar-refractivity contribution in [3.05, 3.63) is 38.0 Å². The molecule has 14 heteroatoms. The summed E-state index contributed by atoms with van der Waals surface area (Å²) in [5.74, 6) is 2.16. The molecule has 0 unspecified atom stereocenters. The molecule has 4 aliphatic heterocycles.